The second kappa shape index (κ2) is 10.6. The zero-order valence-electron chi connectivity index (χ0n) is 19.2. The number of carboxylic acids is 1. The molecule has 11 nitrogen and oxygen atoms in total. The Morgan fingerprint density at radius 3 is 2.97 bits per heavy atom. The van der Waals surface area contributed by atoms with Crippen LogP contribution in [0.1, 0.15) is 49.4 Å². The summed E-state index contributed by atoms with van der Waals surface area (Å²) in [6, 6.07) is 3.65. The van der Waals surface area contributed by atoms with E-state index in [1.807, 2.05) is 19.1 Å². The summed E-state index contributed by atoms with van der Waals surface area (Å²) in [5.74, 6) is 0.194. The number of halogens is 1. The summed E-state index contributed by atoms with van der Waals surface area (Å²) in [4.78, 5) is 20.2. The standard InChI is InChI=1S/C22H28FN7O4/c1-13-18(33-15-6-3-5-14(11-15)21(31)32)9-8-16(25-13)20-17(30(2)29-27-20)12-24-22-26-19(34-28-22)7-4-10-23/h8-9,14-15H,3-7,10-12H2,1-2H3,(H,24,28)(H,31,32)/t14-,15-/m0/s1. The molecule has 0 radical (unpaired) electrons. The highest BCUT2D eigenvalue weighted by atomic mass is 19.1. The van der Waals surface area contributed by atoms with Gasteiger partial charge in [0.2, 0.25) is 5.89 Å². The number of ether oxygens (including phenoxy) is 1. The van der Waals surface area contributed by atoms with Crippen LogP contribution in [-0.4, -0.2) is 54.0 Å². The van der Waals surface area contributed by atoms with Crippen molar-refractivity contribution >= 4 is 11.9 Å². The van der Waals surface area contributed by atoms with Crippen LogP contribution in [0.2, 0.25) is 0 Å². The molecule has 4 rings (SSSR count). The highest BCUT2D eigenvalue weighted by molar-refractivity contribution is 5.70. The zero-order chi connectivity index (χ0) is 24.1. The summed E-state index contributed by atoms with van der Waals surface area (Å²) >= 11 is 0. The van der Waals surface area contributed by atoms with Crippen LogP contribution in [0.4, 0.5) is 10.3 Å². The number of hydrogen-bond donors (Lipinski definition) is 2. The predicted octanol–water partition coefficient (Wildman–Crippen LogP) is 3.10. The molecular weight excluding hydrogens is 445 g/mol. The molecule has 0 saturated heterocycles. The quantitative estimate of drug-likeness (QED) is 0.451. The molecule has 1 fully saturated rings. The van der Waals surface area contributed by atoms with Crippen molar-refractivity contribution in [3.8, 4) is 17.1 Å². The van der Waals surface area contributed by atoms with Crippen molar-refractivity contribution in [1.29, 1.82) is 0 Å². The number of rotatable bonds is 10. The molecule has 3 aromatic heterocycles. The molecule has 0 aromatic carbocycles. The molecule has 0 unspecified atom stereocenters. The molecule has 34 heavy (non-hydrogen) atoms. The van der Waals surface area contributed by atoms with Crippen LogP contribution < -0.4 is 10.1 Å². The third-order valence-corrected chi connectivity index (χ3v) is 5.90. The number of nitrogens with one attached hydrogen (secondary N) is 1. The van der Waals surface area contributed by atoms with E-state index in [4.69, 9.17) is 9.26 Å². The number of alkyl halides is 1. The number of aliphatic carboxylic acids is 1. The van der Waals surface area contributed by atoms with Crippen LogP contribution >= 0.6 is 0 Å². The fraction of sp³-hybridized carbons (Fsp3) is 0.545. The lowest BCUT2D eigenvalue weighted by atomic mass is 9.87. The van der Waals surface area contributed by atoms with Crippen LogP contribution in [0.3, 0.4) is 0 Å². The first-order valence-electron chi connectivity index (χ1n) is 11.3. The summed E-state index contributed by atoms with van der Waals surface area (Å²) in [5, 5.41) is 24.6. The first-order valence-corrected chi connectivity index (χ1v) is 11.3. The van der Waals surface area contributed by atoms with Crippen LogP contribution in [0, 0.1) is 12.8 Å². The molecule has 0 bridgehead atoms. The number of hydrogen-bond acceptors (Lipinski definition) is 9. The van der Waals surface area contributed by atoms with E-state index < -0.39 is 12.6 Å². The number of nitrogens with zero attached hydrogens (tertiary/aromatic N) is 6. The SMILES string of the molecule is Cc1nc(-c2nnn(C)c2CNc2noc(CCCF)n2)ccc1O[C@H]1CCC[C@H](C(=O)O)C1. The Kier molecular flexibility index (Phi) is 7.33. The Morgan fingerprint density at radius 1 is 1.35 bits per heavy atom. The topological polar surface area (TPSA) is 141 Å². The van der Waals surface area contributed by atoms with Crippen molar-refractivity contribution in [1.82, 2.24) is 30.1 Å². The van der Waals surface area contributed by atoms with Gasteiger partial charge in [-0.1, -0.05) is 5.21 Å². The van der Waals surface area contributed by atoms with E-state index in [0.29, 0.717) is 66.9 Å². The third kappa shape index (κ3) is 5.49. The largest absolute Gasteiger partial charge is 0.489 e. The van der Waals surface area contributed by atoms with Gasteiger partial charge in [-0.05, 0) is 56.3 Å². The van der Waals surface area contributed by atoms with Gasteiger partial charge in [0.25, 0.3) is 5.95 Å². The molecular formula is C22H28FN7O4. The van der Waals surface area contributed by atoms with Crippen molar-refractivity contribution in [2.75, 3.05) is 12.0 Å². The van der Waals surface area contributed by atoms with E-state index in [0.717, 1.165) is 18.5 Å². The lowest BCUT2D eigenvalue weighted by Gasteiger charge is -2.27. The number of carboxylic acid groups (broad SMARTS) is 1. The van der Waals surface area contributed by atoms with E-state index in [2.05, 4.69) is 30.8 Å². The molecule has 2 atom stereocenters. The van der Waals surface area contributed by atoms with Crippen LogP contribution in [0.25, 0.3) is 11.4 Å². The Labute approximate surface area is 195 Å². The summed E-state index contributed by atoms with van der Waals surface area (Å²) in [5.41, 5.74) is 2.70. The molecule has 1 aliphatic carbocycles. The van der Waals surface area contributed by atoms with Gasteiger partial charge in [-0.3, -0.25) is 9.18 Å². The lowest BCUT2D eigenvalue weighted by Crippen LogP contribution is -2.29. The minimum atomic E-state index is -0.765. The molecule has 1 saturated carbocycles. The normalized spacial score (nSPS) is 18.1. The van der Waals surface area contributed by atoms with E-state index in [1.165, 1.54) is 0 Å². The fourth-order valence-corrected chi connectivity index (χ4v) is 4.04. The van der Waals surface area contributed by atoms with E-state index in [9.17, 15) is 14.3 Å². The number of pyridine rings is 1. The second-order valence-electron chi connectivity index (χ2n) is 8.39. The molecule has 3 aromatic rings. The maximum absolute atomic E-state index is 12.3. The third-order valence-electron chi connectivity index (χ3n) is 5.90. The van der Waals surface area contributed by atoms with Crippen LogP contribution in [0.15, 0.2) is 16.7 Å². The van der Waals surface area contributed by atoms with E-state index in [1.54, 1.807) is 11.7 Å². The second-order valence-corrected chi connectivity index (χ2v) is 8.39. The minimum absolute atomic E-state index is 0.137. The van der Waals surface area contributed by atoms with Gasteiger partial charge < -0.3 is 19.7 Å². The number of anilines is 1. The van der Waals surface area contributed by atoms with Gasteiger partial charge in [0.05, 0.1) is 42.3 Å². The highest BCUT2D eigenvalue weighted by Gasteiger charge is 2.28. The van der Waals surface area contributed by atoms with Gasteiger partial charge in [-0.25, -0.2) is 9.67 Å². The molecule has 2 N–H and O–H groups in total. The van der Waals surface area contributed by atoms with Gasteiger partial charge >= 0.3 is 5.97 Å². The number of aromatic nitrogens is 6. The van der Waals surface area contributed by atoms with Crippen molar-refractivity contribution in [2.45, 2.75) is 58.1 Å². The number of aryl methyl sites for hydroxylation is 3. The van der Waals surface area contributed by atoms with Crippen LogP contribution in [-0.2, 0) is 24.8 Å². The van der Waals surface area contributed by atoms with Gasteiger partial charge in [0.1, 0.15) is 11.4 Å². The maximum Gasteiger partial charge on any atom is 0.306 e. The summed E-state index contributed by atoms with van der Waals surface area (Å²) in [7, 11) is 1.78. The van der Waals surface area contributed by atoms with Crippen LogP contribution in [0.5, 0.6) is 5.75 Å². The maximum atomic E-state index is 12.3. The summed E-state index contributed by atoms with van der Waals surface area (Å²) < 4.78 is 25.2. The first kappa shape index (κ1) is 23.6. The fourth-order valence-electron chi connectivity index (χ4n) is 4.04. The average Bonchev–Trinajstić information content (AvgIpc) is 3.44. The molecule has 1 aliphatic rings. The van der Waals surface area contributed by atoms with Crippen molar-refractivity contribution in [3.63, 3.8) is 0 Å². The Morgan fingerprint density at radius 2 is 2.21 bits per heavy atom. The number of carbonyl (C=O) groups is 1. The Bertz CT molecular complexity index is 1130. The smallest absolute Gasteiger partial charge is 0.306 e. The monoisotopic (exact) mass is 473 g/mol. The lowest BCUT2D eigenvalue weighted by molar-refractivity contribution is -0.143. The molecule has 0 spiro atoms. The molecule has 182 valence electrons. The predicted molar refractivity (Wildman–Crippen MR) is 119 cm³/mol. The Hall–Kier alpha value is -3.57. The molecule has 12 heteroatoms. The first-order chi connectivity index (χ1) is 16.4. The Balaban J connectivity index is 1.44. The molecule has 0 aliphatic heterocycles. The van der Waals surface area contributed by atoms with Crippen molar-refractivity contribution in [2.24, 2.45) is 13.0 Å². The van der Waals surface area contributed by atoms with Crippen molar-refractivity contribution < 1.29 is 23.6 Å². The van der Waals surface area contributed by atoms with Gasteiger partial charge in [-0.2, -0.15) is 4.98 Å². The average molecular weight is 474 g/mol. The van der Waals surface area contributed by atoms with E-state index >= 15 is 0 Å². The summed E-state index contributed by atoms with van der Waals surface area (Å²) in [6.45, 7) is 1.75. The van der Waals surface area contributed by atoms with Gasteiger partial charge in [0.15, 0.2) is 0 Å². The molecule has 3 heterocycles. The zero-order valence-corrected chi connectivity index (χ0v) is 19.2. The van der Waals surface area contributed by atoms with Gasteiger partial charge in [-0.15, -0.1) is 5.10 Å². The molecule has 0 amide bonds. The summed E-state index contributed by atoms with van der Waals surface area (Å²) in [6.07, 6.45) is 3.44. The highest BCUT2D eigenvalue weighted by Crippen LogP contribution is 2.30. The van der Waals surface area contributed by atoms with Crippen molar-refractivity contribution in [3.05, 3.63) is 29.4 Å². The van der Waals surface area contributed by atoms with Gasteiger partial charge in [0, 0.05) is 13.5 Å². The minimum Gasteiger partial charge on any atom is -0.489 e. The van der Waals surface area contributed by atoms with E-state index in [-0.39, 0.29) is 12.0 Å².